The van der Waals surface area contributed by atoms with E-state index in [0.717, 1.165) is 54.3 Å². The molecule has 5 rings (SSSR count). The van der Waals surface area contributed by atoms with Crippen LogP contribution in [0.5, 0.6) is 5.75 Å². The van der Waals surface area contributed by atoms with Crippen molar-refractivity contribution in [1.29, 1.82) is 0 Å². The van der Waals surface area contributed by atoms with Crippen LogP contribution in [-0.4, -0.2) is 69.4 Å². The Kier molecular flexibility index (Phi) is 5.15. The van der Waals surface area contributed by atoms with Crippen molar-refractivity contribution in [1.82, 2.24) is 29.5 Å². The number of hydrogen-bond donors (Lipinski definition) is 1. The first-order chi connectivity index (χ1) is 15.6. The first-order valence-electron chi connectivity index (χ1n) is 10.8. The Morgan fingerprint density at radius 2 is 2.03 bits per heavy atom. The van der Waals surface area contributed by atoms with Crippen molar-refractivity contribution in [2.75, 3.05) is 44.9 Å². The third-order valence-corrected chi connectivity index (χ3v) is 6.06. The number of nitrogens with zero attached hydrogens (tertiary/aromatic N) is 7. The third kappa shape index (κ3) is 3.42. The molecule has 0 aliphatic carbocycles. The Hall–Kier alpha value is -3.64. The molecular weight excluding hydrogens is 404 g/mol. The van der Waals surface area contributed by atoms with E-state index in [1.54, 1.807) is 11.6 Å². The highest BCUT2D eigenvalue weighted by Crippen LogP contribution is 2.37. The molecule has 9 nitrogen and oxygen atoms in total. The Bertz CT molecular complexity index is 1310. The highest BCUT2D eigenvalue weighted by molar-refractivity contribution is 5.90. The minimum absolute atomic E-state index is 0.273. The van der Waals surface area contributed by atoms with Crippen LogP contribution >= 0.6 is 0 Å². The number of ether oxygens (including phenoxy) is 1. The molecule has 0 aromatic carbocycles. The normalized spacial score (nSPS) is 15.0. The van der Waals surface area contributed by atoms with Crippen LogP contribution in [0.3, 0.4) is 0 Å². The predicted octanol–water partition coefficient (Wildman–Crippen LogP) is 3.40. The molecule has 4 aromatic rings. The summed E-state index contributed by atoms with van der Waals surface area (Å²) in [5, 5.41) is 4.30. The van der Waals surface area contributed by atoms with E-state index in [-0.39, 0.29) is 5.92 Å². The second-order valence-electron chi connectivity index (χ2n) is 8.36. The van der Waals surface area contributed by atoms with E-state index in [9.17, 15) is 0 Å². The van der Waals surface area contributed by atoms with Crippen LogP contribution in [0.25, 0.3) is 32.8 Å². The largest absolute Gasteiger partial charge is 0.493 e. The van der Waals surface area contributed by atoms with Gasteiger partial charge in [0.2, 0.25) is 0 Å². The highest BCUT2D eigenvalue weighted by Gasteiger charge is 2.23. The predicted molar refractivity (Wildman–Crippen MR) is 124 cm³/mol. The zero-order chi connectivity index (χ0) is 22.2. The van der Waals surface area contributed by atoms with Crippen molar-refractivity contribution in [2.45, 2.75) is 19.8 Å². The maximum atomic E-state index is 7.08. The number of methoxy groups -OCH3 is 1. The van der Waals surface area contributed by atoms with E-state index in [0.29, 0.717) is 18.1 Å². The summed E-state index contributed by atoms with van der Waals surface area (Å²) >= 11 is 0. The lowest BCUT2D eigenvalue weighted by Crippen LogP contribution is -2.46. The summed E-state index contributed by atoms with van der Waals surface area (Å²) < 4.78 is 7.31. The molecule has 0 radical (unpaired) electrons. The van der Waals surface area contributed by atoms with E-state index in [2.05, 4.69) is 55.7 Å². The average molecular weight is 431 g/mol. The van der Waals surface area contributed by atoms with Gasteiger partial charge >= 0.3 is 0 Å². The maximum absolute atomic E-state index is 7.08. The monoisotopic (exact) mass is 430 g/mol. The van der Waals surface area contributed by atoms with Crippen molar-refractivity contribution in [3.8, 4) is 17.0 Å². The van der Waals surface area contributed by atoms with Gasteiger partial charge in [0.15, 0.2) is 11.4 Å². The lowest BCUT2D eigenvalue weighted by molar-refractivity contribution is 0.282. The van der Waals surface area contributed by atoms with Crippen LogP contribution in [0.2, 0.25) is 0 Å². The summed E-state index contributed by atoms with van der Waals surface area (Å²) in [5.41, 5.74) is 5.88. The molecule has 32 heavy (non-hydrogen) atoms. The summed E-state index contributed by atoms with van der Waals surface area (Å²) in [6.07, 6.45) is 3.50. The summed E-state index contributed by atoms with van der Waals surface area (Å²) in [4.78, 5) is 20.9. The molecule has 0 saturated carbocycles. The first kappa shape index (κ1) is 20.3. The lowest BCUT2D eigenvalue weighted by atomic mass is 9.99. The number of fused-ring (bicyclic) bond motifs is 2. The van der Waals surface area contributed by atoms with Gasteiger partial charge in [-0.15, -0.1) is 0 Å². The molecule has 164 valence electrons. The first-order valence-corrected chi connectivity index (χ1v) is 10.8. The zero-order valence-corrected chi connectivity index (χ0v) is 18.5. The van der Waals surface area contributed by atoms with Gasteiger partial charge in [-0.05, 0) is 24.1 Å². The van der Waals surface area contributed by atoms with Gasteiger partial charge in [-0.25, -0.2) is 26.0 Å². The number of rotatable bonds is 5. The third-order valence-electron chi connectivity index (χ3n) is 6.06. The van der Waals surface area contributed by atoms with Gasteiger partial charge in [0, 0.05) is 43.5 Å². The molecule has 1 aliphatic heterocycles. The number of nitrogens with one attached hydrogen (secondary N) is 1. The molecule has 0 spiro atoms. The van der Waals surface area contributed by atoms with Crippen molar-refractivity contribution in [3.05, 3.63) is 47.7 Å². The molecule has 4 aromatic heterocycles. The Labute approximate surface area is 186 Å². The molecule has 9 heteroatoms. The van der Waals surface area contributed by atoms with Gasteiger partial charge in [0.05, 0.1) is 23.8 Å². The fourth-order valence-electron chi connectivity index (χ4n) is 4.44. The molecule has 0 bridgehead atoms. The number of aromatic nitrogens is 5. The van der Waals surface area contributed by atoms with Crippen molar-refractivity contribution in [2.24, 2.45) is 0 Å². The van der Waals surface area contributed by atoms with Crippen LogP contribution in [0.1, 0.15) is 25.3 Å². The van der Waals surface area contributed by atoms with Gasteiger partial charge in [0.25, 0.3) is 6.67 Å². The SMILES string of the molecule is [C-]#[N+]CN1CCN(c2ccc3[nH]c(-c4cc(OC)c5ncnn5c4)c(C(C)C)c3n2)CC1. The summed E-state index contributed by atoms with van der Waals surface area (Å²) in [6.45, 7) is 15.5. The van der Waals surface area contributed by atoms with Crippen molar-refractivity contribution < 1.29 is 4.74 Å². The van der Waals surface area contributed by atoms with E-state index in [1.165, 1.54) is 11.9 Å². The van der Waals surface area contributed by atoms with Crippen LogP contribution in [0.15, 0.2) is 30.7 Å². The van der Waals surface area contributed by atoms with Crippen LogP contribution in [0, 0.1) is 6.57 Å². The number of hydrogen-bond acceptors (Lipinski definition) is 6. The number of aromatic amines is 1. The van der Waals surface area contributed by atoms with Gasteiger partial charge in [0.1, 0.15) is 12.1 Å². The van der Waals surface area contributed by atoms with E-state index in [1.807, 2.05) is 12.3 Å². The van der Waals surface area contributed by atoms with Gasteiger partial charge < -0.3 is 14.6 Å². The second kappa shape index (κ2) is 8.13. The molecule has 1 fully saturated rings. The number of anilines is 1. The van der Waals surface area contributed by atoms with Crippen LogP contribution in [0.4, 0.5) is 5.82 Å². The van der Waals surface area contributed by atoms with Crippen molar-refractivity contribution in [3.63, 3.8) is 0 Å². The molecule has 0 unspecified atom stereocenters. The molecule has 1 N–H and O–H groups in total. The van der Waals surface area contributed by atoms with E-state index >= 15 is 0 Å². The van der Waals surface area contributed by atoms with Gasteiger partial charge in [-0.1, -0.05) is 13.8 Å². The molecule has 5 heterocycles. The number of pyridine rings is 2. The molecule has 0 atom stereocenters. The number of H-pyrrole nitrogens is 1. The standard InChI is InChI=1S/C23H26N8O/c1-15(2)20-21(16-11-18(32-4)23-25-13-26-31(23)12-16)27-17-5-6-19(28-22(17)20)30-9-7-29(8-10-30)14-24-3/h5-6,11-13,15,27H,7-10,14H2,1-2,4H3. The Morgan fingerprint density at radius 3 is 2.75 bits per heavy atom. The minimum atomic E-state index is 0.273. The minimum Gasteiger partial charge on any atom is -0.493 e. The fourth-order valence-corrected chi connectivity index (χ4v) is 4.44. The van der Waals surface area contributed by atoms with Gasteiger partial charge in [-0.3, -0.25) is 4.85 Å². The van der Waals surface area contributed by atoms with Crippen LogP contribution < -0.4 is 9.64 Å². The van der Waals surface area contributed by atoms with E-state index < -0.39 is 0 Å². The van der Waals surface area contributed by atoms with Crippen molar-refractivity contribution >= 4 is 22.5 Å². The smallest absolute Gasteiger partial charge is 0.270 e. The number of piperazine rings is 1. The maximum Gasteiger partial charge on any atom is 0.270 e. The topological polar surface area (TPSA) is 78.9 Å². The molecule has 0 amide bonds. The zero-order valence-electron chi connectivity index (χ0n) is 18.5. The molecule has 1 saturated heterocycles. The Morgan fingerprint density at radius 1 is 1.22 bits per heavy atom. The summed E-state index contributed by atoms with van der Waals surface area (Å²) in [6, 6.07) is 6.19. The Balaban J connectivity index is 1.57. The quantitative estimate of drug-likeness (QED) is 0.489. The second-order valence-corrected chi connectivity index (χ2v) is 8.36. The summed E-state index contributed by atoms with van der Waals surface area (Å²) in [7, 11) is 1.65. The van der Waals surface area contributed by atoms with Gasteiger partial charge in [-0.2, -0.15) is 5.10 Å². The highest BCUT2D eigenvalue weighted by atomic mass is 16.5. The summed E-state index contributed by atoms with van der Waals surface area (Å²) in [5.74, 6) is 1.94. The van der Waals surface area contributed by atoms with Crippen LogP contribution in [-0.2, 0) is 0 Å². The van der Waals surface area contributed by atoms with E-state index in [4.69, 9.17) is 16.3 Å². The molecular formula is C23H26N8O. The average Bonchev–Trinajstić information content (AvgIpc) is 3.43. The molecule has 1 aliphatic rings. The fraction of sp³-hybridized carbons (Fsp3) is 0.391. The lowest BCUT2D eigenvalue weighted by Gasteiger charge is -2.32.